The molecule has 0 bridgehead atoms. The lowest BCUT2D eigenvalue weighted by Crippen LogP contribution is -2.16. The molecule has 1 N–H and O–H groups in total. The van der Waals surface area contributed by atoms with E-state index in [0.29, 0.717) is 13.0 Å². The Kier molecular flexibility index (Phi) is 10.6. The molecule has 0 aliphatic rings. The molecule has 4 nitrogen and oxygen atoms in total. The monoisotopic (exact) mass is 318 g/mol. The van der Waals surface area contributed by atoms with Gasteiger partial charge in [0, 0.05) is 6.42 Å². The van der Waals surface area contributed by atoms with Crippen LogP contribution in [0.5, 0.6) is 5.75 Å². The molecule has 1 aromatic carbocycles. The second kappa shape index (κ2) is 12.7. The highest BCUT2D eigenvalue weighted by Gasteiger charge is 1.99. The van der Waals surface area contributed by atoms with Crippen molar-refractivity contribution in [1.82, 2.24) is 5.43 Å². The van der Waals surface area contributed by atoms with Crippen LogP contribution in [0.1, 0.15) is 70.8 Å². The number of amides is 1. The van der Waals surface area contributed by atoms with E-state index in [4.69, 9.17) is 4.74 Å². The summed E-state index contributed by atoms with van der Waals surface area (Å²) < 4.78 is 5.38. The fourth-order valence-corrected chi connectivity index (χ4v) is 2.29. The third-order valence-electron chi connectivity index (χ3n) is 3.60. The smallest absolute Gasteiger partial charge is 0.240 e. The molecule has 0 fully saturated rings. The van der Waals surface area contributed by atoms with Crippen LogP contribution in [0.15, 0.2) is 29.4 Å². The summed E-state index contributed by atoms with van der Waals surface area (Å²) >= 11 is 0. The van der Waals surface area contributed by atoms with E-state index in [1.165, 1.54) is 32.1 Å². The number of rotatable bonds is 12. The number of carbonyl (C=O) groups is 1. The van der Waals surface area contributed by atoms with E-state index in [0.717, 1.165) is 24.2 Å². The van der Waals surface area contributed by atoms with Gasteiger partial charge in [-0.15, -0.1) is 0 Å². The average molecular weight is 318 g/mol. The van der Waals surface area contributed by atoms with Crippen molar-refractivity contribution < 1.29 is 9.53 Å². The number of hydrazone groups is 1. The van der Waals surface area contributed by atoms with Gasteiger partial charge >= 0.3 is 0 Å². The minimum atomic E-state index is -0.0132. The molecule has 128 valence electrons. The summed E-state index contributed by atoms with van der Waals surface area (Å²) in [6.07, 6.45) is 10.7. The number of nitrogens with one attached hydrogen (secondary N) is 1. The number of carbonyl (C=O) groups excluding carboxylic acids is 1. The fourth-order valence-electron chi connectivity index (χ4n) is 2.29. The summed E-state index contributed by atoms with van der Waals surface area (Å²) in [5.74, 6) is 0.827. The first kappa shape index (κ1) is 19.2. The molecule has 1 amide bonds. The first-order valence-corrected chi connectivity index (χ1v) is 8.81. The van der Waals surface area contributed by atoms with E-state index in [2.05, 4.69) is 17.5 Å². The summed E-state index contributed by atoms with van der Waals surface area (Å²) in [4.78, 5) is 11.7. The summed E-state index contributed by atoms with van der Waals surface area (Å²) in [6.45, 7) is 4.83. The molecule has 0 spiro atoms. The Morgan fingerprint density at radius 2 is 1.70 bits per heavy atom. The lowest BCUT2D eigenvalue weighted by atomic mass is 10.1. The second-order valence-corrected chi connectivity index (χ2v) is 5.67. The first-order valence-electron chi connectivity index (χ1n) is 8.81. The third-order valence-corrected chi connectivity index (χ3v) is 3.60. The highest BCUT2D eigenvalue weighted by atomic mass is 16.5. The van der Waals surface area contributed by atoms with Crippen molar-refractivity contribution in [2.45, 2.75) is 65.2 Å². The molecule has 23 heavy (non-hydrogen) atoms. The molecule has 0 aromatic heterocycles. The maximum Gasteiger partial charge on any atom is 0.240 e. The van der Waals surface area contributed by atoms with E-state index >= 15 is 0 Å². The number of unbranched alkanes of at least 4 members (excludes halogenated alkanes) is 6. The first-order chi connectivity index (χ1) is 11.3. The number of benzene rings is 1. The van der Waals surface area contributed by atoms with Gasteiger partial charge in [-0.1, -0.05) is 45.4 Å². The molecule has 4 heteroatoms. The van der Waals surface area contributed by atoms with Gasteiger partial charge in [0.05, 0.1) is 12.8 Å². The lowest BCUT2D eigenvalue weighted by Gasteiger charge is -2.02. The lowest BCUT2D eigenvalue weighted by molar-refractivity contribution is -0.121. The van der Waals surface area contributed by atoms with E-state index in [1.54, 1.807) is 6.21 Å². The Morgan fingerprint density at radius 3 is 2.35 bits per heavy atom. The van der Waals surface area contributed by atoms with Crippen molar-refractivity contribution in [3.05, 3.63) is 29.8 Å². The van der Waals surface area contributed by atoms with Crippen LogP contribution in [0.4, 0.5) is 0 Å². The second-order valence-electron chi connectivity index (χ2n) is 5.67. The topological polar surface area (TPSA) is 50.7 Å². The van der Waals surface area contributed by atoms with Gasteiger partial charge in [0.1, 0.15) is 5.75 Å². The number of hydrogen-bond donors (Lipinski definition) is 1. The van der Waals surface area contributed by atoms with E-state index in [1.807, 2.05) is 31.2 Å². The van der Waals surface area contributed by atoms with Gasteiger partial charge in [0.15, 0.2) is 0 Å². The molecule has 0 saturated carbocycles. The van der Waals surface area contributed by atoms with Crippen molar-refractivity contribution >= 4 is 12.1 Å². The Morgan fingerprint density at radius 1 is 1.04 bits per heavy atom. The summed E-state index contributed by atoms with van der Waals surface area (Å²) in [5.41, 5.74) is 3.52. The van der Waals surface area contributed by atoms with Crippen molar-refractivity contribution in [3.8, 4) is 5.75 Å². The third kappa shape index (κ3) is 9.72. The highest BCUT2D eigenvalue weighted by Crippen LogP contribution is 2.11. The van der Waals surface area contributed by atoms with Crippen molar-refractivity contribution in [3.63, 3.8) is 0 Å². The zero-order valence-electron chi connectivity index (χ0n) is 14.5. The Labute approximate surface area is 140 Å². The minimum Gasteiger partial charge on any atom is -0.494 e. The number of nitrogens with zero attached hydrogens (tertiary/aromatic N) is 1. The predicted molar refractivity (Wildman–Crippen MR) is 96.0 cm³/mol. The molecule has 1 aromatic rings. The van der Waals surface area contributed by atoms with E-state index in [9.17, 15) is 4.79 Å². The van der Waals surface area contributed by atoms with E-state index in [-0.39, 0.29) is 5.91 Å². The molecular weight excluding hydrogens is 288 g/mol. The molecule has 0 radical (unpaired) electrons. The molecule has 0 heterocycles. The number of hydrogen-bond acceptors (Lipinski definition) is 3. The van der Waals surface area contributed by atoms with Crippen molar-refractivity contribution in [1.29, 1.82) is 0 Å². The van der Waals surface area contributed by atoms with E-state index < -0.39 is 0 Å². The average Bonchev–Trinajstić information content (AvgIpc) is 2.56. The molecule has 1 rings (SSSR count). The van der Waals surface area contributed by atoms with Crippen molar-refractivity contribution in [2.75, 3.05) is 6.61 Å². The summed E-state index contributed by atoms with van der Waals surface area (Å²) in [6, 6.07) is 7.62. The molecule has 0 aliphatic carbocycles. The molecular formula is C19H30N2O2. The van der Waals surface area contributed by atoms with Gasteiger partial charge in [0.25, 0.3) is 0 Å². The maximum atomic E-state index is 11.7. The zero-order chi connectivity index (χ0) is 16.8. The number of ether oxygens (including phenoxy) is 1. The minimum absolute atomic E-state index is 0.0132. The Hall–Kier alpha value is -1.84. The van der Waals surface area contributed by atoms with Crippen LogP contribution in [0.2, 0.25) is 0 Å². The largest absolute Gasteiger partial charge is 0.494 e. The van der Waals surface area contributed by atoms with Crippen LogP contribution in [-0.4, -0.2) is 18.7 Å². The van der Waals surface area contributed by atoms with Gasteiger partial charge in [-0.25, -0.2) is 5.43 Å². The highest BCUT2D eigenvalue weighted by molar-refractivity contribution is 5.82. The SMILES string of the molecule is CCCCCCCCCC(=O)NN=Cc1ccc(OCC)cc1. The van der Waals surface area contributed by atoms with Crippen molar-refractivity contribution in [2.24, 2.45) is 5.10 Å². The predicted octanol–water partition coefficient (Wildman–Crippen LogP) is 4.68. The molecule has 0 saturated heterocycles. The maximum absolute atomic E-state index is 11.7. The van der Waals surface area contributed by atoms with Crippen LogP contribution in [0.3, 0.4) is 0 Å². The summed E-state index contributed by atoms with van der Waals surface area (Å²) in [5, 5.41) is 3.99. The Bertz CT molecular complexity index is 455. The van der Waals surface area contributed by atoms with Gasteiger partial charge in [-0.2, -0.15) is 5.10 Å². The van der Waals surface area contributed by atoms with Crippen LogP contribution >= 0.6 is 0 Å². The summed E-state index contributed by atoms with van der Waals surface area (Å²) in [7, 11) is 0. The van der Waals surface area contributed by atoms with Crippen LogP contribution < -0.4 is 10.2 Å². The molecule has 0 unspecified atom stereocenters. The van der Waals surface area contributed by atoms with Crippen LogP contribution in [-0.2, 0) is 4.79 Å². The fraction of sp³-hybridized carbons (Fsp3) is 0.579. The van der Waals surface area contributed by atoms with Gasteiger partial charge in [-0.05, 0) is 43.2 Å². The quantitative estimate of drug-likeness (QED) is 0.346. The van der Waals surface area contributed by atoms with Gasteiger partial charge < -0.3 is 4.74 Å². The standard InChI is InChI=1S/C19H30N2O2/c1-3-5-6-7-8-9-10-11-19(22)21-20-16-17-12-14-18(15-13-17)23-4-2/h12-16H,3-11H2,1-2H3,(H,21,22). The zero-order valence-corrected chi connectivity index (χ0v) is 14.5. The normalized spacial score (nSPS) is 10.9. The van der Waals surface area contributed by atoms with Crippen LogP contribution in [0.25, 0.3) is 0 Å². The van der Waals surface area contributed by atoms with Crippen LogP contribution in [0, 0.1) is 0 Å². The molecule has 0 atom stereocenters. The van der Waals surface area contributed by atoms with Gasteiger partial charge in [0.2, 0.25) is 5.91 Å². The van der Waals surface area contributed by atoms with Gasteiger partial charge in [-0.3, -0.25) is 4.79 Å². The molecule has 0 aliphatic heterocycles. The Balaban J connectivity index is 2.12.